The molecule has 3 heterocycles. The molecule has 2 aromatic rings. The van der Waals surface area contributed by atoms with E-state index < -0.39 is 0 Å². The van der Waals surface area contributed by atoms with E-state index >= 15 is 0 Å². The SMILES string of the molecule is Cc1cc(C)n(-c2ccc(Cl)c(C(=O)N3CCCCC3CN)n2)n1.Cl. The molecular formula is C17H23Cl2N5O. The first-order chi connectivity index (χ1) is 11.5. The van der Waals surface area contributed by atoms with Crippen LogP contribution < -0.4 is 5.73 Å². The standard InChI is InChI=1S/C17H22ClN5O.ClH/c1-11-9-12(2)23(21-11)15-7-6-14(18)16(20-15)17(24)22-8-4-3-5-13(22)10-19;/h6-7,9,13H,3-5,8,10,19H2,1-2H3;1H. The maximum Gasteiger partial charge on any atom is 0.274 e. The number of rotatable bonds is 3. The number of piperidine rings is 1. The molecule has 1 aliphatic rings. The van der Waals surface area contributed by atoms with Gasteiger partial charge in [-0.1, -0.05) is 11.6 Å². The molecule has 2 aromatic heterocycles. The molecule has 6 nitrogen and oxygen atoms in total. The zero-order chi connectivity index (χ0) is 17.3. The number of hydrogen-bond donors (Lipinski definition) is 1. The molecule has 0 radical (unpaired) electrons. The zero-order valence-corrected chi connectivity index (χ0v) is 16.0. The largest absolute Gasteiger partial charge is 0.333 e. The molecule has 8 heteroatoms. The lowest BCUT2D eigenvalue weighted by Gasteiger charge is -2.35. The van der Waals surface area contributed by atoms with Crippen molar-refractivity contribution in [3.63, 3.8) is 0 Å². The predicted octanol–water partition coefficient (Wildman–Crippen LogP) is 2.91. The normalized spacial score (nSPS) is 17.3. The van der Waals surface area contributed by atoms with Crippen molar-refractivity contribution in [3.05, 3.63) is 40.3 Å². The first-order valence-electron chi connectivity index (χ1n) is 8.22. The van der Waals surface area contributed by atoms with Crippen LogP contribution in [-0.2, 0) is 0 Å². The average Bonchev–Trinajstić information content (AvgIpc) is 2.93. The monoisotopic (exact) mass is 383 g/mol. The molecule has 1 saturated heterocycles. The molecule has 1 atom stereocenters. The van der Waals surface area contributed by atoms with Gasteiger partial charge in [0.1, 0.15) is 5.69 Å². The van der Waals surface area contributed by atoms with Crippen molar-refractivity contribution in [3.8, 4) is 5.82 Å². The highest BCUT2D eigenvalue weighted by molar-refractivity contribution is 6.33. The Hall–Kier alpha value is -1.63. The molecule has 0 aliphatic carbocycles. The van der Waals surface area contributed by atoms with E-state index in [0.717, 1.165) is 30.7 Å². The van der Waals surface area contributed by atoms with Gasteiger partial charge in [0.2, 0.25) is 0 Å². The van der Waals surface area contributed by atoms with Crippen molar-refractivity contribution < 1.29 is 4.79 Å². The third-order valence-electron chi connectivity index (χ3n) is 4.42. The third-order valence-corrected chi connectivity index (χ3v) is 4.73. The zero-order valence-electron chi connectivity index (χ0n) is 14.4. The van der Waals surface area contributed by atoms with Crippen LogP contribution in [0.4, 0.5) is 0 Å². The second-order valence-corrected chi connectivity index (χ2v) is 6.63. The van der Waals surface area contributed by atoms with Gasteiger partial charge >= 0.3 is 0 Å². The van der Waals surface area contributed by atoms with Crippen molar-refractivity contribution in [1.29, 1.82) is 0 Å². The fraction of sp³-hybridized carbons (Fsp3) is 0.471. The molecule has 0 aromatic carbocycles. The molecule has 1 unspecified atom stereocenters. The van der Waals surface area contributed by atoms with Gasteiger partial charge in [-0.2, -0.15) is 5.10 Å². The van der Waals surface area contributed by atoms with Crippen LogP contribution in [0.25, 0.3) is 5.82 Å². The highest BCUT2D eigenvalue weighted by Gasteiger charge is 2.29. The lowest BCUT2D eigenvalue weighted by Crippen LogP contribution is -2.47. The van der Waals surface area contributed by atoms with Gasteiger partial charge < -0.3 is 10.6 Å². The fourth-order valence-corrected chi connectivity index (χ4v) is 3.40. The van der Waals surface area contributed by atoms with E-state index in [9.17, 15) is 4.79 Å². The van der Waals surface area contributed by atoms with Gasteiger partial charge in [0.25, 0.3) is 5.91 Å². The summed E-state index contributed by atoms with van der Waals surface area (Å²) in [5, 5.41) is 4.77. The number of pyridine rings is 1. The Morgan fingerprint density at radius 1 is 1.36 bits per heavy atom. The van der Waals surface area contributed by atoms with Gasteiger partial charge in [0.15, 0.2) is 5.82 Å². The summed E-state index contributed by atoms with van der Waals surface area (Å²) in [5.41, 5.74) is 7.95. The number of aromatic nitrogens is 3. The Morgan fingerprint density at radius 2 is 2.12 bits per heavy atom. The highest BCUT2D eigenvalue weighted by atomic mass is 35.5. The summed E-state index contributed by atoms with van der Waals surface area (Å²) in [6, 6.07) is 5.50. The molecule has 1 amide bonds. The predicted molar refractivity (Wildman–Crippen MR) is 101 cm³/mol. The molecule has 3 rings (SSSR count). The number of carbonyl (C=O) groups is 1. The smallest absolute Gasteiger partial charge is 0.274 e. The van der Waals surface area contributed by atoms with Crippen LogP contribution >= 0.6 is 24.0 Å². The lowest BCUT2D eigenvalue weighted by molar-refractivity contribution is 0.0617. The van der Waals surface area contributed by atoms with E-state index in [1.165, 1.54) is 0 Å². The Labute approximate surface area is 158 Å². The van der Waals surface area contributed by atoms with Crippen LogP contribution in [0.15, 0.2) is 18.2 Å². The van der Waals surface area contributed by atoms with Crippen molar-refractivity contribution in [2.24, 2.45) is 5.73 Å². The van der Waals surface area contributed by atoms with Gasteiger partial charge in [0, 0.05) is 24.8 Å². The van der Waals surface area contributed by atoms with Gasteiger partial charge in [-0.25, -0.2) is 9.67 Å². The summed E-state index contributed by atoms with van der Waals surface area (Å²) >= 11 is 6.26. The van der Waals surface area contributed by atoms with E-state index in [2.05, 4.69) is 10.1 Å². The summed E-state index contributed by atoms with van der Waals surface area (Å²) in [7, 11) is 0. The van der Waals surface area contributed by atoms with Crippen LogP contribution in [0.2, 0.25) is 5.02 Å². The number of likely N-dealkylation sites (tertiary alicyclic amines) is 1. The summed E-state index contributed by atoms with van der Waals surface area (Å²) in [5.74, 6) is 0.438. The average molecular weight is 384 g/mol. The van der Waals surface area contributed by atoms with Crippen LogP contribution in [-0.4, -0.2) is 44.7 Å². The number of halogens is 2. The first kappa shape index (κ1) is 19.7. The Morgan fingerprint density at radius 3 is 2.76 bits per heavy atom. The molecule has 2 N–H and O–H groups in total. The number of hydrogen-bond acceptors (Lipinski definition) is 4. The molecule has 136 valence electrons. The van der Waals surface area contributed by atoms with Crippen LogP contribution in [0.1, 0.15) is 41.1 Å². The van der Waals surface area contributed by atoms with E-state index in [4.69, 9.17) is 17.3 Å². The third kappa shape index (κ3) is 3.97. The Bertz CT molecular complexity index is 761. The minimum Gasteiger partial charge on any atom is -0.333 e. The Kier molecular flexibility index (Phi) is 6.43. The van der Waals surface area contributed by atoms with Crippen LogP contribution in [0.3, 0.4) is 0 Å². The number of nitrogens with two attached hydrogens (primary N) is 1. The molecule has 0 saturated carbocycles. The minimum atomic E-state index is -0.154. The van der Waals surface area contributed by atoms with Crippen molar-refractivity contribution in [2.75, 3.05) is 13.1 Å². The minimum absolute atomic E-state index is 0. The van der Waals surface area contributed by atoms with E-state index in [1.54, 1.807) is 16.8 Å². The molecule has 1 aliphatic heterocycles. The van der Waals surface area contributed by atoms with Gasteiger partial charge in [-0.3, -0.25) is 4.79 Å². The van der Waals surface area contributed by atoms with Gasteiger partial charge in [-0.05, 0) is 51.3 Å². The van der Waals surface area contributed by atoms with Crippen molar-refractivity contribution in [2.45, 2.75) is 39.2 Å². The molecule has 25 heavy (non-hydrogen) atoms. The molecule has 0 bridgehead atoms. The lowest BCUT2D eigenvalue weighted by atomic mass is 10.0. The van der Waals surface area contributed by atoms with E-state index in [0.29, 0.717) is 23.9 Å². The molecule has 0 spiro atoms. The number of aryl methyl sites for hydroxylation is 2. The summed E-state index contributed by atoms with van der Waals surface area (Å²) in [4.78, 5) is 19.3. The van der Waals surface area contributed by atoms with Crippen molar-refractivity contribution in [1.82, 2.24) is 19.7 Å². The number of amides is 1. The second kappa shape index (κ2) is 8.17. The fourth-order valence-electron chi connectivity index (χ4n) is 3.21. The number of carbonyl (C=O) groups excluding carboxylic acids is 1. The topological polar surface area (TPSA) is 77.0 Å². The molecule has 1 fully saturated rings. The Balaban J connectivity index is 0.00000225. The van der Waals surface area contributed by atoms with Gasteiger partial charge in [0.05, 0.1) is 10.7 Å². The quantitative estimate of drug-likeness (QED) is 0.883. The maximum atomic E-state index is 13.0. The summed E-state index contributed by atoms with van der Waals surface area (Å²) in [6.07, 6.45) is 3.01. The van der Waals surface area contributed by atoms with Crippen molar-refractivity contribution >= 4 is 29.9 Å². The first-order valence-corrected chi connectivity index (χ1v) is 8.60. The highest BCUT2D eigenvalue weighted by Crippen LogP contribution is 2.23. The van der Waals surface area contributed by atoms with Crippen LogP contribution in [0.5, 0.6) is 0 Å². The van der Waals surface area contributed by atoms with E-state index in [1.807, 2.05) is 24.8 Å². The summed E-state index contributed by atoms with van der Waals surface area (Å²) in [6.45, 7) is 5.03. The maximum absolute atomic E-state index is 13.0. The molecular weight excluding hydrogens is 361 g/mol. The van der Waals surface area contributed by atoms with Gasteiger partial charge in [-0.15, -0.1) is 12.4 Å². The van der Waals surface area contributed by atoms with Crippen LogP contribution in [0, 0.1) is 13.8 Å². The summed E-state index contributed by atoms with van der Waals surface area (Å²) < 4.78 is 1.72. The van der Waals surface area contributed by atoms with E-state index in [-0.39, 0.29) is 30.0 Å². The number of nitrogens with zero attached hydrogens (tertiary/aromatic N) is 4. The second-order valence-electron chi connectivity index (χ2n) is 6.22.